The lowest BCUT2D eigenvalue weighted by molar-refractivity contribution is -0.118. The molecule has 0 aliphatic carbocycles. The highest BCUT2D eigenvalue weighted by Gasteiger charge is 2.26. The Kier molecular flexibility index (Phi) is 6.50. The van der Waals surface area contributed by atoms with Crippen LogP contribution in [0.2, 0.25) is 0 Å². The molecule has 3 N–H and O–H groups in total. The number of amides is 2. The number of anilines is 1. The predicted octanol–water partition coefficient (Wildman–Crippen LogP) is 1.98. The fraction of sp³-hybridized carbons (Fsp3) is 0.300. The lowest BCUT2D eigenvalue weighted by atomic mass is 10.2. The number of ether oxygens (including phenoxy) is 1. The molecule has 3 rings (SSSR count). The number of hydrogen-bond donors (Lipinski definition) is 2. The number of benzene rings is 2. The molecule has 1 aliphatic heterocycles. The summed E-state index contributed by atoms with van der Waals surface area (Å²) in [5.41, 5.74) is 5.89. The van der Waals surface area contributed by atoms with E-state index >= 15 is 0 Å². The molecule has 0 spiro atoms. The molecule has 1 aliphatic rings. The van der Waals surface area contributed by atoms with Gasteiger partial charge in [-0.15, -0.1) is 0 Å². The summed E-state index contributed by atoms with van der Waals surface area (Å²) < 4.78 is 32.4. The molecule has 9 heteroatoms. The Labute approximate surface area is 169 Å². The second-order valence-electron chi connectivity index (χ2n) is 6.72. The van der Waals surface area contributed by atoms with Crippen molar-refractivity contribution in [2.24, 2.45) is 5.73 Å². The maximum Gasteiger partial charge on any atom is 0.262 e. The molecule has 0 atom stereocenters. The van der Waals surface area contributed by atoms with Crippen LogP contribution in [0.15, 0.2) is 53.4 Å². The van der Waals surface area contributed by atoms with E-state index in [1.165, 1.54) is 28.6 Å². The van der Waals surface area contributed by atoms with Crippen LogP contribution in [0.3, 0.4) is 0 Å². The van der Waals surface area contributed by atoms with Gasteiger partial charge in [-0.1, -0.05) is 12.5 Å². The van der Waals surface area contributed by atoms with E-state index in [2.05, 4.69) is 5.32 Å². The molecule has 0 radical (unpaired) electrons. The Morgan fingerprint density at radius 3 is 2.38 bits per heavy atom. The third kappa shape index (κ3) is 5.33. The second kappa shape index (κ2) is 9.06. The Morgan fingerprint density at radius 1 is 1.03 bits per heavy atom. The van der Waals surface area contributed by atoms with Crippen molar-refractivity contribution < 1.29 is 22.7 Å². The summed E-state index contributed by atoms with van der Waals surface area (Å²) in [4.78, 5) is 23.4. The number of piperidine rings is 1. The fourth-order valence-corrected chi connectivity index (χ4v) is 4.61. The molecule has 1 saturated heterocycles. The molecular formula is C20H23N3O5S. The highest BCUT2D eigenvalue weighted by Crippen LogP contribution is 2.23. The lowest BCUT2D eigenvalue weighted by Gasteiger charge is -2.26. The molecule has 2 aromatic rings. The van der Waals surface area contributed by atoms with Gasteiger partial charge < -0.3 is 15.8 Å². The van der Waals surface area contributed by atoms with Crippen LogP contribution in [0.1, 0.15) is 29.6 Å². The van der Waals surface area contributed by atoms with Gasteiger partial charge in [0.25, 0.3) is 5.91 Å². The van der Waals surface area contributed by atoms with Crippen molar-refractivity contribution in [3.8, 4) is 5.75 Å². The van der Waals surface area contributed by atoms with Crippen molar-refractivity contribution in [1.29, 1.82) is 0 Å². The standard InChI is InChI=1S/C20H23N3O5S/c21-20(25)15-7-9-17(10-8-15)28-14-19(24)22-16-5-4-6-18(13-16)29(26,27)23-11-2-1-3-12-23/h4-10,13H,1-3,11-12,14H2,(H2,21,25)(H,22,24). The van der Waals surface area contributed by atoms with Gasteiger partial charge in [0.1, 0.15) is 5.75 Å². The van der Waals surface area contributed by atoms with Gasteiger partial charge in [0.05, 0.1) is 4.90 Å². The summed E-state index contributed by atoms with van der Waals surface area (Å²) in [6.07, 6.45) is 2.74. The third-order valence-corrected chi connectivity index (χ3v) is 6.47. The van der Waals surface area contributed by atoms with Crippen LogP contribution in [0.25, 0.3) is 0 Å². The van der Waals surface area contributed by atoms with Crippen LogP contribution in [-0.4, -0.2) is 44.2 Å². The molecular weight excluding hydrogens is 394 g/mol. The smallest absolute Gasteiger partial charge is 0.262 e. The molecule has 29 heavy (non-hydrogen) atoms. The molecule has 0 aromatic heterocycles. The zero-order valence-corrected chi connectivity index (χ0v) is 16.7. The minimum Gasteiger partial charge on any atom is -0.484 e. The molecule has 154 valence electrons. The number of nitrogens with one attached hydrogen (secondary N) is 1. The second-order valence-corrected chi connectivity index (χ2v) is 8.66. The van der Waals surface area contributed by atoms with E-state index in [4.69, 9.17) is 10.5 Å². The summed E-state index contributed by atoms with van der Waals surface area (Å²) in [5, 5.41) is 2.64. The van der Waals surface area contributed by atoms with Gasteiger partial charge in [-0.3, -0.25) is 9.59 Å². The monoisotopic (exact) mass is 417 g/mol. The van der Waals surface area contributed by atoms with Crippen molar-refractivity contribution >= 4 is 27.5 Å². The van der Waals surface area contributed by atoms with E-state index < -0.39 is 21.8 Å². The van der Waals surface area contributed by atoms with Gasteiger partial charge in [-0.25, -0.2) is 8.42 Å². The number of nitrogens with two attached hydrogens (primary N) is 1. The summed E-state index contributed by atoms with van der Waals surface area (Å²) in [7, 11) is -3.57. The van der Waals surface area contributed by atoms with Gasteiger partial charge >= 0.3 is 0 Å². The molecule has 1 heterocycles. The number of hydrogen-bond acceptors (Lipinski definition) is 5. The molecule has 0 bridgehead atoms. The Hall–Kier alpha value is -2.91. The van der Waals surface area contributed by atoms with E-state index in [0.29, 0.717) is 30.1 Å². The Balaban J connectivity index is 1.60. The minimum absolute atomic E-state index is 0.153. The SMILES string of the molecule is NC(=O)c1ccc(OCC(=O)Nc2cccc(S(=O)(=O)N3CCCCC3)c2)cc1. The first-order valence-corrected chi connectivity index (χ1v) is 10.7. The summed E-state index contributed by atoms with van der Waals surface area (Å²) in [6, 6.07) is 12.3. The quantitative estimate of drug-likeness (QED) is 0.714. The molecule has 0 unspecified atom stereocenters. The van der Waals surface area contributed by atoms with Crippen molar-refractivity contribution in [2.45, 2.75) is 24.2 Å². The fourth-order valence-electron chi connectivity index (χ4n) is 3.05. The van der Waals surface area contributed by atoms with Crippen LogP contribution in [-0.2, 0) is 14.8 Å². The van der Waals surface area contributed by atoms with Crippen molar-refractivity contribution in [3.05, 3.63) is 54.1 Å². The van der Waals surface area contributed by atoms with Crippen molar-refractivity contribution in [2.75, 3.05) is 25.0 Å². The first-order chi connectivity index (χ1) is 13.9. The molecule has 2 amide bonds. The summed E-state index contributed by atoms with van der Waals surface area (Å²) in [6.45, 7) is 0.766. The number of carbonyl (C=O) groups is 2. The third-order valence-electron chi connectivity index (χ3n) is 4.58. The summed E-state index contributed by atoms with van der Waals surface area (Å²) >= 11 is 0. The maximum absolute atomic E-state index is 12.8. The van der Waals surface area contributed by atoms with Crippen LogP contribution < -0.4 is 15.8 Å². The van der Waals surface area contributed by atoms with Crippen LogP contribution in [0.4, 0.5) is 5.69 Å². The number of primary amides is 1. The van der Waals surface area contributed by atoms with Crippen LogP contribution in [0.5, 0.6) is 5.75 Å². The van der Waals surface area contributed by atoms with Crippen LogP contribution >= 0.6 is 0 Å². The number of rotatable bonds is 7. The number of nitrogens with zero attached hydrogens (tertiary/aromatic N) is 1. The predicted molar refractivity (Wildman–Crippen MR) is 108 cm³/mol. The van der Waals surface area contributed by atoms with Gasteiger partial charge in [-0.2, -0.15) is 4.31 Å². The van der Waals surface area contributed by atoms with Gasteiger partial charge in [0.15, 0.2) is 6.61 Å². The van der Waals surface area contributed by atoms with E-state index in [1.807, 2.05) is 0 Å². The minimum atomic E-state index is -3.57. The van der Waals surface area contributed by atoms with Crippen LogP contribution in [0, 0.1) is 0 Å². The zero-order chi connectivity index (χ0) is 20.9. The van der Waals surface area contributed by atoms with E-state index in [-0.39, 0.29) is 11.5 Å². The molecule has 8 nitrogen and oxygen atoms in total. The van der Waals surface area contributed by atoms with Crippen molar-refractivity contribution in [3.63, 3.8) is 0 Å². The highest BCUT2D eigenvalue weighted by atomic mass is 32.2. The highest BCUT2D eigenvalue weighted by molar-refractivity contribution is 7.89. The van der Waals surface area contributed by atoms with E-state index in [0.717, 1.165) is 19.3 Å². The zero-order valence-electron chi connectivity index (χ0n) is 15.8. The van der Waals surface area contributed by atoms with E-state index in [1.54, 1.807) is 24.3 Å². The van der Waals surface area contributed by atoms with Gasteiger partial charge in [0.2, 0.25) is 15.9 Å². The normalized spacial score (nSPS) is 14.9. The topological polar surface area (TPSA) is 119 Å². The number of carbonyl (C=O) groups excluding carboxylic acids is 2. The Bertz CT molecular complexity index is 983. The molecule has 1 fully saturated rings. The van der Waals surface area contributed by atoms with Gasteiger partial charge in [-0.05, 0) is 55.3 Å². The largest absolute Gasteiger partial charge is 0.484 e. The first-order valence-electron chi connectivity index (χ1n) is 9.29. The number of sulfonamides is 1. The lowest BCUT2D eigenvalue weighted by Crippen LogP contribution is -2.35. The first kappa shape index (κ1) is 20.8. The maximum atomic E-state index is 12.8. The van der Waals surface area contributed by atoms with E-state index in [9.17, 15) is 18.0 Å². The average molecular weight is 417 g/mol. The molecule has 0 saturated carbocycles. The Morgan fingerprint density at radius 2 is 1.72 bits per heavy atom. The average Bonchev–Trinajstić information content (AvgIpc) is 2.73. The summed E-state index contributed by atoms with van der Waals surface area (Å²) in [5.74, 6) is -0.572. The van der Waals surface area contributed by atoms with Gasteiger partial charge in [0, 0.05) is 24.3 Å². The molecule has 2 aromatic carbocycles. The van der Waals surface area contributed by atoms with Crippen molar-refractivity contribution in [1.82, 2.24) is 4.31 Å².